The third-order valence-electron chi connectivity index (χ3n) is 3.64. The van der Waals surface area contributed by atoms with Crippen molar-refractivity contribution in [2.45, 2.75) is 19.8 Å². The molecule has 0 atom stereocenters. The summed E-state index contributed by atoms with van der Waals surface area (Å²) in [7, 11) is 0. The number of hydrogen-bond acceptors (Lipinski definition) is 4. The Morgan fingerprint density at radius 2 is 1.87 bits per heavy atom. The number of nitrogens with one attached hydrogen (secondary N) is 1. The molecule has 1 aromatic carbocycles. The SMILES string of the molecule is Cc1cc(C(=O)N2CCCC2)nc(Nc2ccc(F)c(F)c2)n1. The van der Waals surface area contributed by atoms with E-state index < -0.39 is 11.6 Å². The van der Waals surface area contributed by atoms with Gasteiger partial charge in [0.05, 0.1) is 0 Å². The molecule has 1 fully saturated rings. The summed E-state index contributed by atoms with van der Waals surface area (Å²) in [6, 6.07) is 5.04. The molecule has 1 saturated heterocycles. The van der Waals surface area contributed by atoms with Crippen LogP contribution in [0.3, 0.4) is 0 Å². The minimum atomic E-state index is -0.962. The average molecular weight is 318 g/mol. The molecule has 23 heavy (non-hydrogen) atoms. The fraction of sp³-hybridized carbons (Fsp3) is 0.312. The molecule has 2 aromatic rings. The molecule has 120 valence electrons. The number of hydrogen-bond donors (Lipinski definition) is 1. The molecule has 5 nitrogen and oxygen atoms in total. The summed E-state index contributed by atoms with van der Waals surface area (Å²) in [5, 5.41) is 2.80. The minimum Gasteiger partial charge on any atom is -0.337 e. The number of halogens is 2. The van der Waals surface area contributed by atoms with Crippen molar-refractivity contribution < 1.29 is 13.6 Å². The smallest absolute Gasteiger partial charge is 0.272 e. The van der Waals surface area contributed by atoms with Crippen molar-refractivity contribution in [3.63, 3.8) is 0 Å². The van der Waals surface area contributed by atoms with Crippen LogP contribution in [0.1, 0.15) is 29.0 Å². The van der Waals surface area contributed by atoms with Gasteiger partial charge in [0.1, 0.15) is 5.69 Å². The number of rotatable bonds is 3. The van der Waals surface area contributed by atoms with Crippen LogP contribution in [0, 0.1) is 18.6 Å². The van der Waals surface area contributed by atoms with E-state index in [4.69, 9.17) is 0 Å². The highest BCUT2D eigenvalue weighted by Crippen LogP contribution is 2.18. The Labute approximate surface area is 132 Å². The Morgan fingerprint density at radius 3 is 2.57 bits per heavy atom. The molecule has 0 radical (unpaired) electrons. The summed E-state index contributed by atoms with van der Waals surface area (Å²) in [5.74, 6) is -1.85. The normalized spacial score (nSPS) is 14.1. The lowest BCUT2D eigenvalue weighted by atomic mass is 10.3. The first-order valence-corrected chi connectivity index (χ1v) is 7.40. The van der Waals surface area contributed by atoms with Gasteiger partial charge in [-0.1, -0.05) is 0 Å². The molecule has 0 spiro atoms. The van der Waals surface area contributed by atoms with Crippen LogP contribution in [0.2, 0.25) is 0 Å². The average Bonchev–Trinajstić information content (AvgIpc) is 3.04. The maximum atomic E-state index is 13.3. The van der Waals surface area contributed by atoms with Crippen molar-refractivity contribution in [1.29, 1.82) is 0 Å². The standard InChI is InChI=1S/C16H16F2N4O/c1-10-8-14(15(23)22-6-2-3-7-22)21-16(19-10)20-11-4-5-12(17)13(18)9-11/h4-5,8-9H,2-3,6-7H2,1H3,(H,19,20,21). The molecule has 1 aromatic heterocycles. The van der Waals surface area contributed by atoms with E-state index in [2.05, 4.69) is 15.3 Å². The van der Waals surface area contributed by atoms with Gasteiger partial charge in [0.25, 0.3) is 5.91 Å². The van der Waals surface area contributed by atoms with E-state index in [0.29, 0.717) is 17.1 Å². The Bertz CT molecular complexity index is 745. The Balaban J connectivity index is 1.84. The number of benzene rings is 1. The first kappa shape index (κ1) is 15.3. The Kier molecular flexibility index (Phi) is 4.18. The molecule has 0 bridgehead atoms. The number of aromatic nitrogens is 2. The second kappa shape index (κ2) is 6.28. The third kappa shape index (κ3) is 3.44. The molecular formula is C16H16F2N4O. The van der Waals surface area contributed by atoms with Gasteiger partial charge in [0.2, 0.25) is 5.95 Å². The molecule has 1 aliphatic rings. The quantitative estimate of drug-likeness (QED) is 0.945. The summed E-state index contributed by atoms with van der Waals surface area (Å²) in [6.07, 6.45) is 1.99. The molecule has 1 N–H and O–H groups in total. The van der Waals surface area contributed by atoms with Crippen LogP contribution in [0.5, 0.6) is 0 Å². The highest BCUT2D eigenvalue weighted by molar-refractivity contribution is 5.92. The van der Waals surface area contributed by atoms with Gasteiger partial charge < -0.3 is 10.2 Å². The molecule has 1 aliphatic heterocycles. The summed E-state index contributed by atoms with van der Waals surface area (Å²) >= 11 is 0. The first-order chi connectivity index (χ1) is 11.0. The van der Waals surface area contributed by atoms with Crippen LogP contribution >= 0.6 is 0 Å². The zero-order valence-electron chi connectivity index (χ0n) is 12.6. The second-order valence-electron chi connectivity index (χ2n) is 5.47. The highest BCUT2D eigenvalue weighted by atomic mass is 19.2. The number of likely N-dealkylation sites (tertiary alicyclic amines) is 1. The zero-order valence-corrected chi connectivity index (χ0v) is 12.6. The number of carbonyl (C=O) groups excluding carboxylic acids is 1. The van der Waals surface area contributed by atoms with E-state index in [1.807, 2.05) is 0 Å². The van der Waals surface area contributed by atoms with Gasteiger partial charge in [-0.25, -0.2) is 18.7 Å². The molecule has 2 heterocycles. The number of nitrogens with zero attached hydrogens (tertiary/aromatic N) is 3. The third-order valence-corrected chi connectivity index (χ3v) is 3.64. The van der Waals surface area contributed by atoms with Gasteiger partial charge in [0.15, 0.2) is 11.6 Å². The molecule has 0 unspecified atom stereocenters. The monoisotopic (exact) mass is 318 g/mol. The van der Waals surface area contributed by atoms with E-state index >= 15 is 0 Å². The van der Waals surface area contributed by atoms with E-state index in [1.54, 1.807) is 17.9 Å². The van der Waals surface area contributed by atoms with E-state index in [-0.39, 0.29) is 11.9 Å². The molecule has 0 saturated carbocycles. The zero-order chi connectivity index (χ0) is 16.4. The fourth-order valence-corrected chi connectivity index (χ4v) is 2.52. The van der Waals surface area contributed by atoms with Crippen molar-refractivity contribution in [2.75, 3.05) is 18.4 Å². The molecule has 3 rings (SSSR count). The Hall–Kier alpha value is -2.57. The summed E-state index contributed by atoms with van der Waals surface area (Å²) in [6.45, 7) is 3.21. The summed E-state index contributed by atoms with van der Waals surface area (Å²) in [5.41, 5.74) is 1.23. The largest absolute Gasteiger partial charge is 0.337 e. The lowest BCUT2D eigenvalue weighted by Gasteiger charge is -2.15. The van der Waals surface area contributed by atoms with Crippen LogP contribution in [0.4, 0.5) is 20.4 Å². The van der Waals surface area contributed by atoms with Gasteiger partial charge in [0, 0.05) is 30.5 Å². The first-order valence-electron chi connectivity index (χ1n) is 7.40. The van der Waals surface area contributed by atoms with Crippen molar-refractivity contribution in [2.24, 2.45) is 0 Å². The van der Waals surface area contributed by atoms with Crippen LogP contribution in [0.15, 0.2) is 24.3 Å². The van der Waals surface area contributed by atoms with Crippen LogP contribution in [0.25, 0.3) is 0 Å². The highest BCUT2D eigenvalue weighted by Gasteiger charge is 2.21. The summed E-state index contributed by atoms with van der Waals surface area (Å²) < 4.78 is 26.2. The van der Waals surface area contributed by atoms with E-state index in [9.17, 15) is 13.6 Å². The van der Waals surface area contributed by atoms with Gasteiger partial charge in [-0.05, 0) is 38.0 Å². The molecule has 0 aliphatic carbocycles. The second-order valence-corrected chi connectivity index (χ2v) is 5.47. The maximum Gasteiger partial charge on any atom is 0.272 e. The lowest BCUT2D eigenvalue weighted by molar-refractivity contribution is 0.0787. The number of carbonyl (C=O) groups is 1. The van der Waals surface area contributed by atoms with Crippen molar-refractivity contribution in [3.8, 4) is 0 Å². The van der Waals surface area contributed by atoms with Crippen molar-refractivity contribution in [3.05, 3.63) is 47.3 Å². The fourth-order valence-electron chi connectivity index (χ4n) is 2.52. The van der Waals surface area contributed by atoms with Gasteiger partial charge in [-0.3, -0.25) is 4.79 Å². The van der Waals surface area contributed by atoms with Crippen LogP contribution in [-0.4, -0.2) is 33.9 Å². The van der Waals surface area contributed by atoms with Crippen LogP contribution < -0.4 is 5.32 Å². The van der Waals surface area contributed by atoms with Gasteiger partial charge in [-0.15, -0.1) is 0 Å². The molecule has 1 amide bonds. The summed E-state index contributed by atoms with van der Waals surface area (Å²) in [4.78, 5) is 22.5. The van der Waals surface area contributed by atoms with E-state index in [1.165, 1.54) is 6.07 Å². The number of aryl methyl sites for hydroxylation is 1. The molecule has 7 heteroatoms. The predicted octanol–water partition coefficient (Wildman–Crippen LogP) is 3.04. The van der Waals surface area contributed by atoms with Gasteiger partial charge in [-0.2, -0.15) is 0 Å². The molecular weight excluding hydrogens is 302 g/mol. The Morgan fingerprint density at radius 1 is 1.13 bits per heavy atom. The van der Waals surface area contributed by atoms with Crippen LogP contribution in [-0.2, 0) is 0 Å². The topological polar surface area (TPSA) is 58.1 Å². The lowest BCUT2D eigenvalue weighted by Crippen LogP contribution is -2.28. The predicted molar refractivity (Wildman–Crippen MR) is 81.5 cm³/mol. The minimum absolute atomic E-state index is 0.138. The number of amides is 1. The van der Waals surface area contributed by atoms with E-state index in [0.717, 1.165) is 38.1 Å². The maximum absolute atomic E-state index is 13.3. The van der Waals surface area contributed by atoms with Crippen molar-refractivity contribution >= 4 is 17.5 Å². The van der Waals surface area contributed by atoms with Crippen molar-refractivity contribution in [1.82, 2.24) is 14.9 Å². The number of anilines is 2. The van der Waals surface area contributed by atoms with Gasteiger partial charge >= 0.3 is 0 Å².